The standard InChI is InChI=1S/C29H35NO2/c1-6-30(7-2)17-18-32-29-22(3)19-24(20-23(29)4)21-28(25-11-9-8-10-12-25)26-13-15-27(31-5)16-14-26/h8-16,19-21H,6-7,17-18H2,1-5H3/b28-21+. The summed E-state index contributed by atoms with van der Waals surface area (Å²) in [6.07, 6.45) is 2.26. The van der Waals surface area contributed by atoms with Crippen LogP contribution in [0.2, 0.25) is 0 Å². The molecule has 168 valence electrons. The number of ether oxygens (including phenoxy) is 2. The van der Waals surface area contributed by atoms with E-state index in [2.05, 4.69) is 87.2 Å². The summed E-state index contributed by atoms with van der Waals surface area (Å²) in [6, 6.07) is 23.2. The third kappa shape index (κ3) is 6.02. The third-order valence-electron chi connectivity index (χ3n) is 5.83. The molecule has 3 aromatic carbocycles. The highest BCUT2D eigenvalue weighted by atomic mass is 16.5. The van der Waals surface area contributed by atoms with E-state index >= 15 is 0 Å². The molecule has 0 fully saturated rings. The average Bonchev–Trinajstić information content (AvgIpc) is 2.82. The maximum atomic E-state index is 6.18. The Morgan fingerprint density at radius 3 is 2.00 bits per heavy atom. The van der Waals surface area contributed by atoms with Crippen LogP contribution in [0.5, 0.6) is 11.5 Å². The monoisotopic (exact) mass is 429 g/mol. The second-order valence-corrected chi connectivity index (χ2v) is 8.01. The molecule has 0 atom stereocenters. The zero-order chi connectivity index (χ0) is 22.9. The van der Waals surface area contributed by atoms with Gasteiger partial charge in [0, 0.05) is 6.54 Å². The Labute approximate surface area is 193 Å². The Hall–Kier alpha value is -3.04. The van der Waals surface area contributed by atoms with Crippen molar-refractivity contribution in [2.24, 2.45) is 0 Å². The van der Waals surface area contributed by atoms with Gasteiger partial charge < -0.3 is 14.4 Å². The molecule has 0 radical (unpaired) electrons. The number of benzene rings is 3. The lowest BCUT2D eigenvalue weighted by molar-refractivity contribution is 0.221. The van der Waals surface area contributed by atoms with Crippen LogP contribution in [0.25, 0.3) is 11.6 Å². The van der Waals surface area contributed by atoms with Crippen molar-refractivity contribution in [2.75, 3.05) is 33.4 Å². The largest absolute Gasteiger partial charge is 0.497 e. The highest BCUT2D eigenvalue weighted by Gasteiger charge is 2.10. The maximum absolute atomic E-state index is 6.18. The molecule has 0 spiro atoms. The van der Waals surface area contributed by atoms with Crippen LogP contribution in [-0.2, 0) is 0 Å². The molecule has 0 saturated carbocycles. The molecule has 3 rings (SSSR count). The van der Waals surface area contributed by atoms with Crippen LogP contribution in [0.15, 0.2) is 66.7 Å². The zero-order valence-corrected chi connectivity index (χ0v) is 20.0. The van der Waals surface area contributed by atoms with Crippen molar-refractivity contribution >= 4 is 11.6 Å². The summed E-state index contributed by atoms with van der Waals surface area (Å²) in [6.45, 7) is 12.4. The number of methoxy groups -OCH3 is 1. The number of hydrogen-bond donors (Lipinski definition) is 0. The van der Waals surface area contributed by atoms with Crippen molar-refractivity contribution in [2.45, 2.75) is 27.7 Å². The topological polar surface area (TPSA) is 21.7 Å². The normalized spacial score (nSPS) is 11.6. The summed E-state index contributed by atoms with van der Waals surface area (Å²) in [7, 11) is 1.69. The maximum Gasteiger partial charge on any atom is 0.125 e. The van der Waals surface area contributed by atoms with E-state index in [1.54, 1.807) is 7.11 Å². The minimum absolute atomic E-state index is 0.708. The fourth-order valence-electron chi connectivity index (χ4n) is 4.00. The van der Waals surface area contributed by atoms with Crippen LogP contribution >= 0.6 is 0 Å². The Morgan fingerprint density at radius 2 is 1.44 bits per heavy atom. The van der Waals surface area contributed by atoms with Crippen molar-refractivity contribution < 1.29 is 9.47 Å². The van der Waals surface area contributed by atoms with Crippen LogP contribution in [0.1, 0.15) is 41.7 Å². The lowest BCUT2D eigenvalue weighted by Crippen LogP contribution is -2.28. The minimum atomic E-state index is 0.708. The number of rotatable bonds is 10. The van der Waals surface area contributed by atoms with Gasteiger partial charge in [-0.1, -0.05) is 56.3 Å². The molecule has 3 nitrogen and oxygen atoms in total. The molecule has 0 amide bonds. The van der Waals surface area contributed by atoms with Crippen LogP contribution < -0.4 is 9.47 Å². The fraction of sp³-hybridized carbons (Fsp3) is 0.310. The molecule has 0 aromatic heterocycles. The van der Waals surface area contributed by atoms with Gasteiger partial charge in [-0.25, -0.2) is 0 Å². The van der Waals surface area contributed by atoms with Gasteiger partial charge in [-0.15, -0.1) is 0 Å². The Morgan fingerprint density at radius 1 is 0.844 bits per heavy atom. The SMILES string of the molecule is CCN(CC)CCOc1c(C)cc(/C=C(\c2ccccc2)c2ccc(OC)cc2)cc1C. The Balaban J connectivity index is 1.91. The van der Waals surface area contributed by atoms with Gasteiger partial charge in [0.25, 0.3) is 0 Å². The van der Waals surface area contributed by atoms with E-state index in [4.69, 9.17) is 9.47 Å². The Kier molecular flexibility index (Phi) is 8.52. The molecule has 0 N–H and O–H groups in total. The zero-order valence-electron chi connectivity index (χ0n) is 20.0. The van der Waals surface area contributed by atoms with E-state index in [-0.39, 0.29) is 0 Å². The molecule has 32 heavy (non-hydrogen) atoms. The van der Waals surface area contributed by atoms with Gasteiger partial charge in [0.15, 0.2) is 0 Å². The van der Waals surface area contributed by atoms with Crippen LogP contribution in [-0.4, -0.2) is 38.3 Å². The first-order chi connectivity index (χ1) is 15.5. The summed E-state index contributed by atoms with van der Waals surface area (Å²) in [5.41, 5.74) is 7.03. The van der Waals surface area contributed by atoms with E-state index < -0.39 is 0 Å². The lowest BCUT2D eigenvalue weighted by atomic mass is 9.94. The van der Waals surface area contributed by atoms with Gasteiger partial charge in [0.2, 0.25) is 0 Å². The van der Waals surface area contributed by atoms with Crippen LogP contribution in [0.3, 0.4) is 0 Å². The lowest BCUT2D eigenvalue weighted by Gasteiger charge is -2.19. The number of nitrogens with zero attached hydrogens (tertiary/aromatic N) is 1. The summed E-state index contributed by atoms with van der Waals surface area (Å²) in [5, 5.41) is 0. The van der Waals surface area contributed by atoms with Gasteiger partial charge in [-0.2, -0.15) is 0 Å². The predicted octanol–water partition coefficient (Wildman–Crippen LogP) is 6.62. The second kappa shape index (κ2) is 11.5. The first-order valence-electron chi connectivity index (χ1n) is 11.4. The van der Waals surface area contributed by atoms with E-state index in [0.29, 0.717) is 6.61 Å². The molecule has 0 heterocycles. The van der Waals surface area contributed by atoms with Crippen molar-refractivity contribution in [3.63, 3.8) is 0 Å². The van der Waals surface area contributed by atoms with E-state index in [0.717, 1.165) is 47.8 Å². The van der Waals surface area contributed by atoms with Crippen molar-refractivity contribution in [1.29, 1.82) is 0 Å². The number of aryl methyl sites for hydroxylation is 2. The average molecular weight is 430 g/mol. The smallest absolute Gasteiger partial charge is 0.125 e. The molecular weight excluding hydrogens is 394 g/mol. The molecule has 0 unspecified atom stereocenters. The van der Waals surface area contributed by atoms with Gasteiger partial charge in [-0.3, -0.25) is 0 Å². The molecule has 0 aliphatic heterocycles. The summed E-state index contributed by atoms with van der Waals surface area (Å²) < 4.78 is 11.5. The third-order valence-corrected chi connectivity index (χ3v) is 5.83. The fourth-order valence-corrected chi connectivity index (χ4v) is 4.00. The summed E-state index contributed by atoms with van der Waals surface area (Å²) in [4.78, 5) is 2.38. The van der Waals surface area contributed by atoms with Gasteiger partial charge in [0.1, 0.15) is 18.1 Å². The highest BCUT2D eigenvalue weighted by molar-refractivity contribution is 5.91. The first kappa shape index (κ1) is 23.6. The van der Waals surface area contributed by atoms with Gasteiger partial charge in [-0.05, 0) is 90.7 Å². The summed E-state index contributed by atoms with van der Waals surface area (Å²) >= 11 is 0. The molecule has 3 aromatic rings. The van der Waals surface area contributed by atoms with E-state index in [1.165, 1.54) is 16.7 Å². The van der Waals surface area contributed by atoms with E-state index in [9.17, 15) is 0 Å². The second-order valence-electron chi connectivity index (χ2n) is 8.01. The molecular formula is C29H35NO2. The molecule has 3 heteroatoms. The van der Waals surface area contributed by atoms with Crippen molar-refractivity contribution in [1.82, 2.24) is 4.90 Å². The summed E-state index contributed by atoms with van der Waals surface area (Å²) in [5.74, 6) is 1.86. The number of likely N-dealkylation sites (N-methyl/N-ethyl adjacent to an activating group) is 1. The molecule has 0 aliphatic carbocycles. The predicted molar refractivity (Wildman–Crippen MR) is 136 cm³/mol. The molecule has 0 bridgehead atoms. The molecule has 0 saturated heterocycles. The van der Waals surface area contributed by atoms with Crippen molar-refractivity contribution in [3.05, 3.63) is 94.5 Å². The van der Waals surface area contributed by atoms with E-state index in [1.807, 2.05) is 18.2 Å². The molecule has 0 aliphatic rings. The van der Waals surface area contributed by atoms with Crippen LogP contribution in [0.4, 0.5) is 0 Å². The van der Waals surface area contributed by atoms with Crippen molar-refractivity contribution in [3.8, 4) is 11.5 Å². The first-order valence-corrected chi connectivity index (χ1v) is 11.4. The highest BCUT2D eigenvalue weighted by Crippen LogP contribution is 2.31. The number of hydrogen-bond acceptors (Lipinski definition) is 3. The van der Waals surface area contributed by atoms with Gasteiger partial charge in [0.05, 0.1) is 7.11 Å². The minimum Gasteiger partial charge on any atom is -0.497 e. The van der Waals surface area contributed by atoms with Gasteiger partial charge >= 0.3 is 0 Å². The van der Waals surface area contributed by atoms with Crippen LogP contribution in [0, 0.1) is 13.8 Å². The quantitative estimate of drug-likeness (QED) is 0.338. The Bertz CT molecular complexity index is 996.